The molecular formula is C14H15BrN2O2S. The Hall–Kier alpha value is -1.37. The molecule has 6 heteroatoms. The lowest BCUT2D eigenvalue weighted by molar-refractivity contribution is 0.566. The van der Waals surface area contributed by atoms with Gasteiger partial charge >= 0.3 is 0 Å². The molecule has 2 aromatic carbocycles. The highest BCUT2D eigenvalue weighted by Crippen LogP contribution is 2.25. The van der Waals surface area contributed by atoms with Gasteiger partial charge in [0, 0.05) is 16.2 Å². The summed E-state index contributed by atoms with van der Waals surface area (Å²) in [4.78, 5) is 0.175. The molecule has 0 radical (unpaired) electrons. The van der Waals surface area contributed by atoms with Crippen LogP contribution in [0.5, 0.6) is 0 Å². The first-order valence-electron chi connectivity index (χ1n) is 6.02. The molecule has 2 aromatic rings. The maximum atomic E-state index is 12.4. The van der Waals surface area contributed by atoms with Crippen molar-refractivity contribution in [3.8, 4) is 0 Å². The zero-order valence-corrected chi connectivity index (χ0v) is 13.3. The first-order valence-corrected chi connectivity index (χ1v) is 8.30. The first-order chi connectivity index (χ1) is 9.40. The lowest BCUT2D eigenvalue weighted by Gasteiger charge is -2.15. The Morgan fingerprint density at radius 2 is 1.80 bits per heavy atom. The monoisotopic (exact) mass is 354 g/mol. The molecular weight excluding hydrogens is 340 g/mol. The molecule has 0 aliphatic heterocycles. The van der Waals surface area contributed by atoms with E-state index in [-0.39, 0.29) is 10.9 Å². The van der Waals surface area contributed by atoms with Gasteiger partial charge in [-0.3, -0.25) is 0 Å². The van der Waals surface area contributed by atoms with Gasteiger partial charge in [-0.2, -0.15) is 0 Å². The zero-order chi connectivity index (χ0) is 14.8. The molecule has 0 unspecified atom stereocenters. The summed E-state index contributed by atoms with van der Waals surface area (Å²) in [6, 6.07) is 13.7. The Kier molecular flexibility index (Phi) is 4.47. The van der Waals surface area contributed by atoms with Crippen LogP contribution in [0.15, 0.2) is 57.9 Å². The maximum Gasteiger partial charge on any atom is 0.242 e. The molecule has 106 valence electrons. The van der Waals surface area contributed by atoms with Gasteiger partial charge in [0.25, 0.3) is 0 Å². The number of anilines is 1. The summed E-state index contributed by atoms with van der Waals surface area (Å²) in [6.45, 7) is 1.80. The van der Waals surface area contributed by atoms with E-state index in [2.05, 4.69) is 20.7 Å². The number of sulfonamides is 1. The Labute approximate surface area is 127 Å². The fourth-order valence-electron chi connectivity index (χ4n) is 1.84. The van der Waals surface area contributed by atoms with Crippen molar-refractivity contribution >= 4 is 31.6 Å². The molecule has 4 nitrogen and oxygen atoms in total. The van der Waals surface area contributed by atoms with E-state index in [9.17, 15) is 8.42 Å². The quantitative estimate of drug-likeness (QED) is 0.828. The number of halogens is 1. The highest BCUT2D eigenvalue weighted by Gasteiger charge is 2.20. The molecule has 0 bridgehead atoms. The number of nitrogen functional groups attached to an aromatic ring is 1. The SMILES string of the molecule is C[C@H](NS(=O)(=O)c1ccc(N)cc1Br)c1ccccc1. The van der Waals surface area contributed by atoms with Crippen LogP contribution in [0.1, 0.15) is 18.5 Å². The number of hydrogen-bond acceptors (Lipinski definition) is 3. The number of rotatable bonds is 4. The summed E-state index contributed by atoms with van der Waals surface area (Å²) >= 11 is 3.23. The van der Waals surface area contributed by atoms with Crippen molar-refractivity contribution in [2.24, 2.45) is 0 Å². The van der Waals surface area contributed by atoms with Gasteiger partial charge in [0.15, 0.2) is 0 Å². The molecule has 0 saturated heterocycles. The van der Waals surface area contributed by atoms with Gasteiger partial charge in [0.1, 0.15) is 0 Å². The van der Waals surface area contributed by atoms with Crippen molar-refractivity contribution in [1.29, 1.82) is 0 Å². The average molecular weight is 355 g/mol. The van der Waals surface area contributed by atoms with Crippen LogP contribution in [0.25, 0.3) is 0 Å². The Morgan fingerprint density at radius 3 is 2.40 bits per heavy atom. The van der Waals surface area contributed by atoms with E-state index in [0.717, 1.165) is 5.56 Å². The lowest BCUT2D eigenvalue weighted by Crippen LogP contribution is -2.27. The van der Waals surface area contributed by atoms with Gasteiger partial charge < -0.3 is 5.73 Å². The second-order valence-corrected chi connectivity index (χ2v) is 6.98. The number of hydrogen-bond donors (Lipinski definition) is 2. The van der Waals surface area contributed by atoms with Crippen LogP contribution in [0, 0.1) is 0 Å². The van der Waals surface area contributed by atoms with Gasteiger partial charge in [-0.05, 0) is 46.6 Å². The van der Waals surface area contributed by atoms with E-state index in [1.54, 1.807) is 19.1 Å². The van der Waals surface area contributed by atoms with E-state index in [0.29, 0.717) is 10.2 Å². The maximum absolute atomic E-state index is 12.4. The van der Waals surface area contributed by atoms with Crippen molar-refractivity contribution in [1.82, 2.24) is 4.72 Å². The normalized spacial score (nSPS) is 13.1. The molecule has 0 saturated carbocycles. The highest BCUT2D eigenvalue weighted by molar-refractivity contribution is 9.10. The highest BCUT2D eigenvalue weighted by atomic mass is 79.9. The summed E-state index contributed by atoms with van der Waals surface area (Å²) in [5, 5.41) is 0. The van der Waals surface area contributed by atoms with Crippen molar-refractivity contribution < 1.29 is 8.42 Å². The average Bonchev–Trinajstić information content (AvgIpc) is 2.38. The third-order valence-corrected chi connectivity index (χ3v) is 5.39. The molecule has 3 N–H and O–H groups in total. The molecule has 0 aromatic heterocycles. The van der Waals surface area contributed by atoms with Crippen LogP contribution in [-0.2, 0) is 10.0 Å². The summed E-state index contributed by atoms with van der Waals surface area (Å²) in [5.74, 6) is 0. The van der Waals surface area contributed by atoms with Gasteiger partial charge in [0.05, 0.1) is 4.90 Å². The molecule has 0 fully saturated rings. The summed E-state index contributed by atoms with van der Waals surface area (Å²) in [6.07, 6.45) is 0. The Morgan fingerprint density at radius 1 is 1.15 bits per heavy atom. The Bertz CT molecular complexity index is 702. The zero-order valence-electron chi connectivity index (χ0n) is 10.9. The first kappa shape index (κ1) is 15.0. The van der Waals surface area contributed by atoms with Crippen molar-refractivity contribution in [2.75, 3.05) is 5.73 Å². The minimum absolute atomic E-state index is 0.175. The molecule has 0 aliphatic carbocycles. The van der Waals surface area contributed by atoms with E-state index in [1.165, 1.54) is 6.07 Å². The molecule has 20 heavy (non-hydrogen) atoms. The van der Waals surface area contributed by atoms with Crippen LogP contribution in [0.4, 0.5) is 5.69 Å². The van der Waals surface area contributed by atoms with Crippen LogP contribution in [0.3, 0.4) is 0 Å². The summed E-state index contributed by atoms with van der Waals surface area (Å²) < 4.78 is 27.8. The lowest BCUT2D eigenvalue weighted by atomic mass is 10.1. The predicted octanol–water partition coefficient (Wildman–Crippen LogP) is 3.07. The molecule has 2 rings (SSSR count). The Balaban J connectivity index is 2.28. The van der Waals surface area contributed by atoms with E-state index < -0.39 is 10.0 Å². The van der Waals surface area contributed by atoms with Crippen LogP contribution >= 0.6 is 15.9 Å². The van der Waals surface area contributed by atoms with Gasteiger partial charge in [0.2, 0.25) is 10.0 Å². The molecule has 0 aliphatic rings. The largest absolute Gasteiger partial charge is 0.399 e. The third-order valence-electron chi connectivity index (χ3n) is 2.88. The smallest absolute Gasteiger partial charge is 0.242 e. The van der Waals surface area contributed by atoms with E-state index in [1.807, 2.05) is 30.3 Å². The molecule has 0 amide bonds. The summed E-state index contributed by atoms with van der Waals surface area (Å²) in [5.41, 5.74) is 7.03. The van der Waals surface area contributed by atoms with Crippen LogP contribution < -0.4 is 10.5 Å². The fourth-order valence-corrected chi connectivity index (χ4v) is 4.17. The number of benzene rings is 2. The predicted molar refractivity (Wildman–Crippen MR) is 83.7 cm³/mol. The number of nitrogens with two attached hydrogens (primary N) is 1. The van der Waals surface area contributed by atoms with Crippen LogP contribution in [-0.4, -0.2) is 8.42 Å². The van der Waals surface area contributed by atoms with E-state index in [4.69, 9.17) is 5.73 Å². The standard InChI is InChI=1S/C14H15BrN2O2S/c1-10(11-5-3-2-4-6-11)17-20(18,19)14-8-7-12(16)9-13(14)15/h2-10,17H,16H2,1H3/t10-/m0/s1. The second-order valence-electron chi connectivity index (χ2n) is 4.44. The van der Waals surface area contributed by atoms with Crippen molar-refractivity contribution in [3.63, 3.8) is 0 Å². The van der Waals surface area contributed by atoms with Gasteiger partial charge in [-0.25, -0.2) is 13.1 Å². The number of nitrogens with one attached hydrogen (secondary N) is 1. The topological polar surface area (TPSA) is 72.2 Å². The summed E-state index contributed by atoms with van der Waals surface area (Å²) in [7, 11) is -3.61. The minimum atomic E-state index is -3.61. The third kappa shape index (κ3) is 3.39. The second kappa shape index (κ2) is 5.95. The van der Waals surface area contributed by atoms with E-state index >= 15 is 0 Å². The minimum Gasteiger partial charge on any atom is -0.399 e. The van der Waals surface area contributed by atoms with Gasteiger partial charge in [-0.1, -0.05) is 30.3 Å². The van der Waals surface area contributed by atoms with Crippen LogP contribution in [0.2, 0.25) is 0 Å². The molecule has 0 heterocycles. The molecule has 0 spiro atoms. The fraction of sp³-hybridized carbons (Fsp3) is 0.143. The van der Waals surface area contributed by atoms with Crippen molar-refractivity contribution in [3.05, 3.63) is 58.6 Å². The van der Waals surface area contributed by atoms with Crippen molar-refractivity contribution in [2.45, 2.75) is 17.9 Å². The van der Waals surface area contributed by atoms with Gasteiger partial charge in [-0.15, -0.1) is 0 Å². The molecule has 1 atom stereocenters.